The van der Waals surface area contributed by atoms with Crippen LogP contribution in [0, 0.1) is 16.7 Å². The SMILES string of the molecule is OC[C@H]1C[C@@]12C[C@@]21CC1(F)F. The number of hydrogen-bond donors (Lipinski definition) is 1. The molecule has 1 nitrogen and oxygen atoms in total. The zero-order valence-corrected chi connectivity index (χ0v) is 6.11. The Kier molecular flexibility index (Phi) is 0.716. The summed E-state index contributed by atoms with van der Waals surface area (Å²) in [6.07, 6.45) is 1.62. The molecular formula is C8H10F2O. The van der Waals surface area contributed by atoms with E-state index in [9.17, 15) is 8.78 Å². The first-order chi connectivity index (χ1) is 5.08. The molecule has 0 aromatic heterocycles. The van der Waals surface area contributed by atoms with Crippen molar-refractivity contribution in [1.29, 1.82) is 0 Å². The van der Waals surface area contributed by atoms with Crippen LogP contribution in [0.5, 0.6) is 0 Å². The highest BCUT2D eigenvalue weighted by atomic mass is 19.3. The van der Waals surface area contributed by atoms with E-state index in [1.54, 1.807) is 0 Å². The van der Waals surface area contributed by atoms with E-state index in [0.29, 0.717) is 6.42 Å². The smallest absolute Gasteiger partial charge is 0.255 e. The normalized spacial score (nSPS) is 61.9. The fourth-order valence-electron chi connectivity index (χ4n) is 2.98. The summed E-state index contributed by atoms with van der Waals surface area (Å²) in [5.41, 5.74) is -0.710. The summed E-state index contributed by atoms with van der Waals surface area (Å²) >= 11 is 0. The molecular weight excluding hydrogens is 150 g/mol. The lowest BCUT2D eigenvalue weighted by Gasteiger charge is -1.92. The minimum atomic E-state index is -2.38. The van der Waals surface area contributed by atoms with Gasteiger partial charge in [0.05, 0.1) is 0 Å². The molecule has 0 aromatic carbocycles. The van der Waals surface area contributed by atoms with Crippen LogP contribution in [0.15, 0.2) is 0 Å². The van der Waals surface area contributed by atoms with Crippen molar-refractivity contribution in [2.45, 2.75) is 25.2 Å². The molecule has 3 aliphatic rings. The van der Waals surface area contributed by atoms with Crippen LogP contribution in [0.4, 0.5) is 8.78 Å². The number of fused-ring (bicyclic) bond motifs is 1. The Balaban J connectivity index is 1.82. The fraction of sp³-hybridized carbons (Fsp3) is 1.00. The van der Waals surface area contributed by atoms with Crippen molar-refractivity contribution in [3.8, 4) is 0 Å². The van der Waals surface area contributed by atoms with Gasteiger partial charge in [-0.3, -0.25) is 0 Å². The van der Waals surface area contributed by atoms with Gasteiger partial charge < -0.3 is 5.11 Å². The van der Waals surface area contributed by atoms with Crippen molar-refractivity contribution in [1.82, 2.24) is 0 Å². The molecule has 2 spiro atoms. The van der Waals surface area contributed by atoms with E-state index in [-0.39, 0.29) is 24.4 Å². The third-order valence-electron chi connectivity index (χ3n) is 4.00. The van der Waals surface area contributed by atoms with Crippen molar-refractivity contribution in [2.24, 2.45) is 16.7 Å². The van der Waals surface area contributed by atoms with Gasteiger partial charge in [-0.05, 0) is 24.2 Å². The third kappa shape index (κ3) is 0.443. The summed E-state index contributed by atoms with van der Waals surface area (Å²) in [6, 6.07) is 0. The minimum Gasteiger partial charge on any atom is -0.396 e. The molecule has 62 valence electrons. The molecule has 0 aromatic rings. The van der Waals surface area contributed by atoms with Gasteiger partial charge in [-0.1, -0.05) is 0 Å². The van der Waals surface area contributed by atoms with Crippen molar-refractivity contribution in [3.63, 3.8) is 0 Å². The number of hydrogen-bond acceptors (Lipinski definition) is 1. The number of aliphatic hydroxyl groups is 1. The predicted octanol–water partition coefficient (Wildman–Crippen LogP) is 1.41. The lowest BCUT2D eigenvalue weighted by Crippen LogP contribution is -1.98. The molecule has 0 heterocycles. The van der Waals surface area contributed by atoms with Crippen LogP contribution in [0.3, 0.4) is 0 Å². The highest BCUT2D eigenvalue weighted by Crippen LogP contribution is 2.95. The lowest BCUT2D eigenvalue weighted by molar-refractivity contribution is 0.0864. The van der Waals surface area contributed by atoms with Gasteiger partial charge in [0.25, 0.3) is 5.92 Å². The molecule has 3 rings (SSSR count). The highest BCUT2D eigenvalue weighted by molar-refractivity contribution is 5.39. The Bertz CT molecular complexity index is 240. The number of halogens is 2. The molecule has 0 bridgehead atoms. The van der Waals surface area contributed by atoms with Crippen molar-refractivity contribution < 1.29 is 13.9 Å². The van der Waals surface area contributed by atoms with E-state index in [4.69, 9.17) is 5.11 Å². The molecule has 0 saturated heterocycles. The van der Waals surface area contributed by atoms with Gasteiger partial charge in [0.1, 0.15) is 0 Å². The lowest BCUT2D eigenvalue weighted by atomic mass is 10.2. The van der Waals surface area contributed by atoms with Crippen molar-refractivity contribution in [3.05, 3.63) is 0 Å². The van der Waals surface area contributed by atoms with Gasteiger partial charge in [-0.15, -0.1) is 0 Å². The number of rotatable bonds is 1. The predicted molar refractivity (Wildman–Crippen MR) is 34.2 cm³/mol. The van der Waals surface area contributed by atoms with Crippen LogP contribution in [-0.2, 0) is 0 Å². The van der Waals surface area contributed by atoms with E-state index >= 15 is 0 Å². The van der Waals surface area contributed by atoms with Crippen LogP contribution in [-0.4, -0.2) is 17.6 Å². The molecule has 3 saturated carbocycles. The molecule has 3 atom stereocenters. The highest BCUT2D eigenvalue weighted by Gasteiger charge is 2.96. The minimum absolute atomic E-state index is 0.0920. The monoisotopic (exact) mass is 160 g/mol. The summed E-state index contributed by atoms with van der Waals surface area (Å²) in [4.78, 5) is 0. The van der Waals surface area contributed by atoms with Crippen LogP contribution < -0.4 is 0 Å². The molecule has 0 radical (unpaired) electrons. The maximum atomic E-state index is 12.7. The van der Waals surface area contributed by atoms with Crippen LogP contribution in [0.2, 0.25) is 0 Å². The summed E-state index contributed by atoms with van der Waals surface area (Å²) in [7, 11) is 0. The van der Waals surface area contributed by atoms with E-state index in [1.807, 2.05) is 0 Å². The Morgan fingerprint density at radius 2 is 2.00 bits per heavy atom. The molecule has 3 fully saturated rings. The molecule has 3 aliphatic carbocycles. The quantitative estimate of drug-likeness (QED) is 0.615. The maximum Gasteiger partial charge on any atom is 0.255 e. The first-order valence-electron chi connectivity index (χ1n) is 4.07. The second kappa shape index (κ2) is 1.24. The molecule has 3 heteroatoms. The molecule has 11 heavy (non-hydrogen) atoms. The topological polar surface area (TPSA) is 20.2 Å². The molecule has 0 unspecified atom stereocenters. The van der Waals surface area contributed by atoms with Crippen LogP contribution >= 0.6 is 0 Å². The standard InChI is InChI=1S/C8H10F2O/c9-8(10)4-7(8)3-6(7)1-5(6)2-11/h5,11H,1-4H2/t5-,6-,7-/m1/s1. The Morgan fingerprint density at radius 3 is 2.27 bits per heavy atom. The second-order valence-electron chi connectivity index (χ2n) is 4.38. The Hall–Kier alpha value is -0.180. The van der Waals surface area contributed by atoms with Gasteiger partial charge in [0.2, 0.25) is 0 Å². The van der Waals surface area contributed by atoms with Gasteiger partial charge >= 0.3 is 0 Å². The van der Waals surface area contributed by atoms with E-state index in [2.05, 4.69) is 0 Å². The second-order valence-corrected chi connectivity index (χ2v) is 4.38. The largest absolute Gasteiger partial charge is 0.396 e. The first kappa shape index (κ1) is 6.35. The van der Waals surface area contributed by atoms with Crippen molar-refractivity contribution >= 4 is 0 Å². The zero-order chi connectivity index (χ0) is 7.91. The van der Waals surface area contributed by atoms with Crippen LogP contribution in [0.25, 0.3) is 0 Å². The average molecular weight is 160 g/mol. The van der Waals surface area contributed by atoms with Gasteiger partial charge in [-0.2, -0.15) is 0 Å². The van der Waals surface area contributed by atoms with Gasteiger partial charge in [0, 0.05) is 18.4 Å². The fourth-order valence-corrected chi connectivity index (χ4v) is 2.98. The maximum absolute atomic E-state index is 12.7. The third-order valence-corrected chi connectivity index (χ3v) is 4.00. The number of alkyl halides is 2. The van der Waals surface area contributed by atoms with Gasteiger partial charge in [0.15, 0.2) is 0 Å². The van der Waals surface area contributed by atoms with E-state index < -0.39 is 11.3 Å². The summed E-state index contributed by atoms with van der Waals surface area (Å²) in [5, 5.41) is 8.77. The van der Waals surface area contributed by atoms with E-state index in [1.165, 1.54) is 0 Å². The molecule has 1 N–H and O–H groups in total. The van der Waals surface area contributed by atoms with E-state index in [0.717, 1.165) is 6.42 Å². The molecule has 0 aliphatic heterocycles. The summed E-state index contributed by atoms with van der Waals surface area (Å²) in [6.45, 7) is 0.109. The molecule has 0 amide bonds. The van der Waals surface area contributed by atoms with Crippen molar-refractivity contribution in [2.75, 3.05) is 6.61 Å². The zero-order valence-electron chi connectivity index (χ0n) is 6.11. The number of aliphatic hydroxyl groups excluding tert-OH is 1. The summed E-state index contributed by atoms with van der Waals surface area (Å²) in [5.74, 6) is -2.17. The van der Waals surface area contributed by atoms with Gasteiger partial charge in [-0.25, -0.2) is 8.78 Å². The first-order valence-corrected chi connectivity index (χ1v) is 4.07. The Labute approximate surface area is 63.4 Å². The van der Waals surface area contributed by atoms with Crippen LogP contribution in [0.1, 0.15) is 19.3 Å². The Morgan fingerprint density at radius 1 is 1.36 bits per heavy atom. The summed E-state index contributed by atoms with van der Waals surface area (Å²) < 4.78 is 25.5. The average Bonchev–Trinajstić information content (AvgIpc) is 2.77.